The van der Waals surface area contributed by atoms with Crippen LogP contribution in [-0.4, -0.2) is 26.8 Å². The zero-order chi connectivity index (χ0) is 26.9. The van der Waals surface area contributed by atoms with Crippen molar-refractivity contribution < 1.29 is 18.4 Å². The molecule has 0 aliphatic heterocycles. The molecule has 0 atom stereocenters. The Bertz CT molecular complexity index is 1530. The van der Waals surface area contributed by atoms with Gasteiger partial charge in [0.25, 0.3) is 11.8 Å². The smallest absolute Gasteiger partial charge is 0.286 e. The van der Waals surface area contributed by atoms with Gasteiger partial charge in [-0.3, -0.25) is 19.6 Å². The first-order valence-corrected chi connectivity index (χ1v) is 12.2. The summed E-state index contributed by atoms with van der Waals surface area (Å²) in [7, 11) is 0. The van der Waals surface area contributed by atoms with Crippen molar-refractivity contribution >= 4 is 23.3 Å². The topological polar surface area (TPSA) is 96.9 Å². The van der Waals surface area contributed by atoms with Crippen LogP contribution in [0.3, 0.4) is 0 Å². The van der Waals surface area contributed by atoms with Crippen molar-refractivity contribution in [3.63, 3.8) is 0 Å². The van der Waals surface area contributed by atoms with Crippen LogP contribution < -0.4 is 10.6 Å². The van der Waals surface area contributed by atoms with Crippen LogP contribution in [0.15, 0.2) is 73.2 Å². The van der Waals surface area contributed by atoms with Crippen LogP contribution in [0.2, 0.25) is 0 Å². The number of pyridine rings is 3. The van der Waals surface area contributed by atoms with E-state index >= 15 is 0 Å². The number of aryl methyl sites for hydroxylation is 1. The van der Waals surface area contributed by atoms with Crippen LogP contribution in [0.25, 0.3) is 22.4 Å². The summed E-state index contributed by atoms with van der Waals surface area (Å²) in [4.78, 5) is 37.3. The summed E-state index contributed by atoms with van der Waals surface area (Å²) in [5, 5.41) is 5.64. The molecule has 5 rings (SSSR count). The van der Waals surface area contributed by atoms with Gasteiger partial charge in [0.1, 0.15) is 11.5 Å². The van der Waals surface area contributed by atoms with Gasteiger partial charge in [0.15, 0.2) is 0 Å². The second-order valence-electron chi connectivity index (χ2n) is 9.42. The normalized spacial score (nSPS) is 13.2. The minimum atomic E-state index is -3.15. The SMILES string of the molecule is Cc1ccc(NC(=O)c2ccnc(C(C)(F)F)c2)cc1-c1ccnc(-c2ccnc(NC(=O)C3CC3)c2)c1. The van der Waals surface area contributed by atoms with Crippen LogP contribution in [0.5, 0.6) is 0 Å². The molecule has 4 aromatic rings. The third-order valence-corrected chi connectivity index (χ3v) is 6.29. The molecule has 7 nitrogen and oxygen atoms in total. The lowest BCUT2D eigenvalue weighted by Gasteiger charge is -2.13. The fourth-order valence-electron chi connectivity index (χ4n) is 4.01. The Morgan fingerprint density at radius 1 is 0.868 bits per heavy atom. The van der Waals surface area contributed by atoms with Crippen molar-refractivity contribution in [3.05, 3.63) is 90.0 Å². The van der Waals surface area contributed by atoms with E-state index in [-0.39, 0.29) is 17.4 Å². The molecular weight excluding hydrogens is 488 g/mol. The molecule has 2 amide bonds. The van der Waals surface area contributed by atoms with Crippen molar-refractivity contribution in [2.45, 2.75) is 32.6 Å². The fraction of sp³-hybridized carbons (Fsp3) is 0.207. The molecule has 1 aromatic carbocycles. The minimum Gasteiger partial charge on any atom is -0.322 e. The summed E-state index contributed by atoms with van der Waals surface area (Å²) < 4.78 is 27.3. The largest absolute Gasteiger partial charge is 0.322 e. The highest BCUT2D eigenvalue weighted by molar-refractivity contribution is 6.04. The maximum absolute atomic E-state index is 13.7. The molecule has 1 saturated carbocycles. The summed E-state index contributed by atoms with van der Waals surface area (Å²) in [5.74, 6) is -3.12. The Hall–Kier alpha value is -4.53. The van der Waals surface area contributed by atoms with E-state index in [0.717, 1.165) is 48.1 Å². The second kappa shape index (κ2) is 10.1. The third-order valence-electron chi connectivity index (χ3n) is 6.29. The molecule has 9 heteroatoms. The molecule has 0 saturated heterocycles. The van der Waals surface area contributed by atoms with Crippen molar-refractivity contribution in [3.8, 4) is 22.4 Å². The molecule has 0 bridgehead atoms. The first-order valence-electron chi connectivity index (χ1n) is 12.2. The van der Waals surface area contributed by atoms with Gasteiger partial charge in [-0.15, -0.1) is 0 Å². The highest BCUT2D eigenvalue weighted by Gasteiger charge is 2.30. The second-order valence-corrected chi connectivity index (χ2v) is 9.42. The van der Waals surface area contributed by atoms with Crippen molar-refractivity contribution in [1.82, 2.24) is 15.0 Å². The predicted octanol–water partition coefficient (Wildman–Crippen LogP) is 6.23. The molecule has 0 spiro atoms. The number of hydrogen-bond acceptors (Lipinski definition) is 5. The highest BCUT2D eigenvalue weighted by Crippen LogP contribution is 2.32. The van der Waals surface area contributed by atoms with Crippen LogP contribution in [0.1, 0.15) is 41.4 Å². The number of benzene rings is 1. The first-order chi connectivity index (χ1) is 18.2. The number of carbonyl (C=O) groups is 2. The van der Waals surface area contributed by atoms with Gasteiger partial charge in [0.05, 0.1) is 5.69 Å². The summed E-state index contributed by atoms with van der Waals surface area (Å²) >= 11 is 0. The van der Waals surface area contributed by atoms with Gasteiger partial charge in [0, 0.05) is 48.2 Å². The fourth-order valence-corrected chi connectivity index (χ4v) is 4.01. The Kier molecular flexibility index (Phi) is 6.67. The third kappa shape index (κ3) is 5.72. The van der Waals surface area contributed by atoms with E-state index in [9.17, 15) is 18.4 Å². The number of alkyl halides is 2. The average molecular weight is 514 g/mol. The number of halogens is 2. The Labute approximate surface area is 218 Å². The van der Waals surface area contributed by atoms with Crippen molar-refractivity contribution in [1.29, 1.82) is 0 Å². The highest BCUT2D eigenvalue weighted by atomic mass is 19.3. The maximum Gasteiger partial charge on any atom is 0.286 e. The molecule has 1 aliphatic rings. The summed E-state index contributed by atoms with van der Waals surface area (Å²) in [6, 6.07) is 15.4. The average Bonchev–Trinajstić information content (AvgIpc) is 3.75. The Morgan fingerprint density at radius 3 is 2.37 bits per heavy atom. The minimum absolute atomic E-state index is 0.0164. The molecule has 1 fully saturated rings. The van der Waals surface area contributed by atoms with Gasteiger partial charge in [0.2, 0.25) is 5.91 Å². The van der Waals surface area contributed by atoms with Crippen LogP contribution >= 0.6 is 0 Å². The summed E-state index contributed by atoms with van der Waals surface area (Å²) in [5.41, 5.74) is 4.37. The number of nitrogens with one attached hydrogen (secondary N) is 2. The lowest BCUT2D eigenvalue weighted by atomic mass is 9.99. The molecule has 0 unspecified atom stereocenters. The van der Waals surface area contributed by atoms with Crippen LogP contribution in [0.4, 0.5) is 20.3 Å². The number of aromatic nitrogens is 3. The predicted molar refractivity (Wildman–Crippen MR) is 141 cm³/mol. The maximum atomic E-state index is 13.7. The summed E-state index contributed by atoms with van der Waals surface area (Å²) in [6.45, 7) is 2.70. The van der Waals surface area contributed by atoms with Gasteiger partial charge in [-0.1, -0.05) is 6.07 Å². The van der Waals surface area contributed by atoms with Gasteiger partial charge < -0.3 is 10.6 Å². The number of anilines is 2. The quantitative estimate of drug-likeness (QED) is 0.306. The first kappa shape index (κ1) is 25.1. The molecule has 1 aliphatic carbocycles. The van der Waals surface area contributed by atoms with E-state index in [1.165, 1.54) is 12.3 Å². The zero-order valence-corrected chi connectivity index (χ0v) is 20.8. The number of rotatable bonds is 7. The van der Waals surface area contributed by atoms with E-state index in [0.29, 0.717) is 17.2 Å². The molecule has 38 heavy (non-hydrogen) atoms. The molecule has 192 valence electrons. The van der Waals surface area contributed by atoms with Gasteiger partial charge in [-0.2, -0.15) is 8.78 Å². The van der Waals surface area contributed by atoms with Crippen molar-refractivity contribution in [2.75, 3.05) is 10.6 Å². The molecular formula is C29H25F2N5O2. The lowest BCUT2D eigenvalue weighted by molar-refractivity contribution is -0.117. The number of hydrogen-bond donors (Lipinski definition) is 2. The standard InChI is InChI=1S/C29H25F2N5O2/c1-17-3-6-22(35-28(38)21-9-11-33-25(14-21)29(2,30)31)16-23(17)19-7-10-32-24(13-19)20-8-12-34-26(15-20)36-27(37)18-4-5-18/h3,6-16,18H,4-5H2,1-2H3,(H,35,38)(H,34,36,37). The number of carbonyl (C=O) groups excluding carboxylic acids is 2. The van der Waals surface area contributed by atoms with Crippen molar-refractivity contribution in [2.24, 2.45) is 5.92 Å². The van der Waals surface area contributed by atoms with Gasteiger partial charge in [-0.05, 0) is 85.0 Å². The zero-order valence-electron chi connectivity index (χ0n) is 20.8. The molecule has 0 radical (unpaired) electrons. The summed E-state index contributed by atoms with van der Waals surface area (Å²) in [6.07, 6.45) is 6.34. The van der Waals surface area contributed by atoms with E-state index in [1.54, 1.807) is 24.5 Å². The van der Waals surface area contributed by atoms with Crippen LogP contribution in [0, 0.1) is 12.8 Å². The molecule has 3 heterocycles. The molecule has 3 aromatic heterocycles. The van der Waals surface area contributed by atoms with E-state index in [1.807, 2.05) is 37.3 Å². The Balaban J connectivity index is 1.38. The molecule has 2 N–H and O–H groups in total. The lowest BCUT2D eigenvalue weighted by Crippen LogP contribution is -2.15. The van der Waals surface area contributed by atoms with Crippen LogP contribution in [-0.2, 0) is 10.7 Å². The van der Waals surface area contributed by atoms with E-state index in [4.69, 9.17) is 0 Å². The van der Waals surface area contributed by atoms with E-state index < -0.39 is 17.5 Å². The van der Waals surface area contributed by atoms with Gasteiger partial charge in [-0.25, -0.2) is 4.98 Å². The Morgan fingerprint density at radius 2 is 1.61 bits per heavy atom. The number of nitrogens with zero attached hydrogens (tertiary/aromatic N) is 3. The monoisotopic (exact) mass is 513 g/mol. The van der Waals surface area contributed by atoms with Gasteiger partial charge >= 0.3 is 0 Å². The number of amides is 2. The van der Waals surface area contributed by atoms with E-state index in [2.05, 4.69) is 25.6 Å².